The van der Waals surface area contributed by atoms with E-state index in [0.29, 0.717) is 17.9 Å². The second-order valence-corrected chi connectivity index (χ2v) is 6.24. The van der Waals surface area contributed by atoms with E-state index in [1.54, 1.807) is 24.5 Å². The molecule has 1 N–H and O–H groups in total. The van der Waals surface area contributed by atoms with Gasteiger partial charge in [-0.15, -0.1) is 0 Å². The van der Waals surface area contributed by atoms with E-state index in [1.165, 1.54) is 14.2 Å². The first-order valence-corrected chi connectivity index (χ1v) is 8.50. The average Bonchev–Trinajstić information content (AvgIpc) is 3.07. The third-order valence-corrected chi connectivity index (χ3v) is 4.32. The summed E-state index contributed by atoms with van der Waals surface area (Å²) in [6.45, 7) is 2.29. The van der Waals surface area contributed by atoms with Crippen LogP contribution in [0.25, 0.3) is 11.0 Å². The number of hydrogen-bond acceptors (Lipinski definition) is 5. The van der Waals surface area contributed by atoms with E-state index in [1.807, 2.05) is 25.1 Å². The Hall–Kier alpha value is -3.28. The summed E-state index contributed by atoms with van der Waals surface area (Å²) in [5.41, 5.74) is 3.82. The van der Waals surface area contributed by atoms with Crippen molar-refractivity contribution in [1.82, 2.24) is 5.32 Å². The van der Waals surface area contributed by atoms with Gasteiger partial charge < -0.3 is 19.2 Å². The second kappa shape index (κ2) is 7.95. The van der Waals surface area contributed by atoms with Crippen LogP contribution >= 0.6 is 0 Å². The summed E-state index contributed by atoms with van der Waals surface area (Å²) >= 11 is 0. The Morgan fingerprint density at radius 3 is 2.67 bits per heavy atom. The minimum absolute atomic E-state index is 0.131. The van der Waals surface area contributed by atoms with Crippen LogP contribution in [0.2, 0.25) is 0 Å². The zero-order chi connectivity index (χ0) is 19.4. The van der Waals surface area contributed by atoms with Crippen LogP contribution in [0.3, 0.4) is 0 Å². The third-order valence-electron chi connectivity index (χ3n) is 4.32. The number of benzene rings is 2. The number of carbonyl (C=O) groups excluding carboxylic acids is 2. The van der Waals surface area contributed by atoms with E-state index >= 15 is 0 Å². The summed E-state index contributed by atoms with van der Waals surface area (Å²) in [4.78, 5) is 24.2. The van der Waals surface area contributed by atoms with Crippen molar-refractivity contribution >= 4 is 22.8 Å². The zero-order valence-electron chi connectivity index (χ0n) is 15.5. The molecule has 0 atom stereocenters. The van der Waals surface area contributed by atoms with Gasteiger partial charge in [0.25, 0.3) is 0 Å². The highest BCUT2D eigenvalue weighted by Crippen LogP contribution is 2.23. The monoisotopic (exact) mass is 367 g/mol. The van der Waals surface area contributed by atoms with Crippen molar-refractivity contribution in [1.29, 1.82) is 0 Å². The van der Waals surface area contributed by atoms with Gasteiger partial charge in [-0.1, -0.05) is 18.2 Å². The van der Waals surface area contributed by atoms with Gasteiger partial charge in [0, 0.05) is 17.5 Å². The molecule has 0 saturated heterocycles. The van der Waals surface area contributed by atoms with Crippen molar-refractivity contribution in [3.63, 3.8) is 0 Å². The van der Waals surface area contributed by atoms with Crippen LogP contribution in [-0.4, -0.2) is 26.1 Å². The molecule has 0 fully saturated rings. The molecule has 3 aromatic rings. The maximum absolute atomic E-state index is 12.3. The number of methoxy groups -OCH3 is 2. The molecule has 0 aliphatic carbocycles. The lowest BCUT2D eigenvalue weighted by Crippen LogP contribution is -2.24. The predicted octanol–water partition coefficient (Wildman–Crippen LogP) is 3.40. The number of rotatable bonds is 6. The highest BCUT2D eigenvalue weighted by atomic mass is 16.5. The number of fused-ring (bicyclic) bond motifs is 1. The van der Waals surface area contributed by atoms with Crippen LogP contribution in [-0.2, 0) is 22.5 Å². The molecule has 6 nitrogen and oxygen atoms in total. The highest BCUT2D eigenvalue weighted by molar-refractivity contribution is 5.92. The number of ether oxygens (including phenoxy) is 2. The lowest BCUT2D eigenvalue weighted by molar-refractivity contribution is -0.120. The lowest BCUT2D eigenvalue weighted by atomic mass is 10.1. The molecule has 0 bridgehead atoms. The number of esters is 1. The third kappa shape index (κ3) is 4.11. The molecule has 0 saturated carbocycles. The summed E-state index contributed by atoms with van der Waals surface area (Å²) in [5.74, 6) is -0.189. The first-order valence-electron chi connectivity index (χ1n) is 8.50. The van der Waals surface area contributed by atoms with Crippen molar-refractivity contribution in [2.24, 2.45) is 0 Å². The van der Waals surface area contributed by atoms with Crippen molar-refractivity contribution in [2.45, 2.75) is 19.9 Å². The molecule has 6 heteroatoms. The molecule has 27 heavy (non-hydrogen) atoms. The van der Waals surface area contributed by atoms with Gasteiger partial charge in [0.15, 0.2) is 0 Å². The quantitative estimate of drug-likeness (QED) is 0.676. The largest absolute Gasteiger partial charge is 0.496 e. The molecule has 2 aromatic carbocycles. The molecule has 0 aliphatic heterocycles. The van der Waals surface area contributed by atoms with Crippen LogP contribution in [0.4, 0.5) is 0 Å². The molecule has 1 amide bonds. The van der Waals surface area contributed by atoms with Gasteiger partial charge in [0.2, 0.25) is 5.91 Å². The van der Waals surface area contributed by atoms with Gasteiger partial charge in [0.05, 0.1) is 26.9 Å². The summed E-state index contributed by atoms with van der Waals surface area (Å²) in [6.07, 6.45) is 1.84. The molecule has 0 unspecified atom stereocenters. The lowest BCUT2D eigenvalue weighted by Gasteiger charge is -2.10. The van der Waals surface area contributed by atoms with Gasteiger partial charge in [-0.05, 0) is 36.2 Å². The fourth-order valence-corrected chi connectivity index (χ4v) is 2.90. The molecule has 0 radical (unpaired) electrons. The zero-order valence-corrected chi connectivity index (χ0v) is 15.5. The smallest absolute Gasteiger partial charge is 0.341 e. The summed E-state index contributed by atoms with van der Waals surface area (Å²) in [6, 6.07) is 11.0. The van der Waals surface area contributed by atoms with Crippen LogP contribution in [0.15, 0.2) is 47.1 Å². The summed E-state index contributed by atoms with van der Waals surface area (Å²) in [5, 5.41) is 3.80. The predicted molar refractivity (Wildman–Crippen MR) is 101 cm³/mol. The molecule has 3 rings (SSSR count). The average molecular weight is 367 g/mol. The van der Waals surface area contributed by atoms with Crippen molar-refractivity contribution in [2.75, 3.05) is 14.2 Å². The van der Waals surface area contributed by atoms with Crippen LogP contribution < -0.4 is 10.1 Å². The highest BCUT2D eigenvalue weighted by Gasteiger charge is 2.14. The van der Waals surface area contributed by atoms with Gasteiger partial charge in [0.1, 0.15) is 16.9 Å². The Kier molecular flexibility index (Phi) is 5.45. The Morgan fingerprint density at radius 2 is 1.93 bits per heavy atom. The maximum atomic E-state index is 12.3. The first-order chi connectivity index (χ1) is 13.0. The molecule has 0 aliphatic rings. The number of nitrogens with one attached hydrogen (secondary N) is 1. The summed E-state index contributed by atoms with van der Waals surface area (Å²) < 4.78 is 15.5. The second-order valence-electron chi connectivity index (χ2n) is 6.24. The van der Waals surface area contributed by atoms with Crippen molar-refractivity contribution in [3.05, 3.63) is 64.9 Å². The Bertz CT molecular complexity index is 989. The van der Waals surface area contributed by atoms with Gasteiger partial charge in [-0.25, -0.2) is 4.79 Å². The number of furan rings is 1. The molecular formula is C21H21NO5. The van der Waals surface area contributed by atoms with Crippen LogP contribution in [0, 0.1) is 6.92 Å². The van der Waals surface area contributed by atoms with Crippen molar-refractivity contribution in [3.8, 4) is 5.75 Å². The van der Waals surface area contributed by atoms with Crippen LogP contribution in [0.1, 0.15) is 27.0 Å². The van der Waals surface area contributed by atoms with Gasteiger partial charge >= 0.3 is 5.97 Å². The fourth-order valence-electron chi connectivity index (χ4n) is 2.90. The number of amides is 1. The molecule has 0 spiro atoms. The minimum atomic E-state index is -0.486. The maximum Gasteiger partial charge on any atom is 0.341 e. The normalized spacial score (nSPS) is 10.6. The van der Waals surface area contributed by atoms with Gasteiger partial charge in [-0.3, -0.25) is 4.79 Å². The number of carbonyl (C=O) groups is 2. The first kappa shape index (κ1) is 18.5. The molecular weight excluding hydrogens is 346 g/mol. The van der Waals surface area contributed by atoms with E-state index in [2.05, 4.69) is 5.32 Å². The molecule has 140 valence electrons. The summed E-state index contributed by atoms with van der Waals surface area (Å²) in [7, 11) is 2.80. The van der Waals surface area contributed by atoms with E-state index in [4.69, 9.17) is 13.9 Å². The number of hydrogen-bond donors (Lipinski definition) is 1. The fraction of sp³-hybridized carbons (Fsp3) is 0.238. The topological polar surface area (TPSA) is 77.8 Å². The van der Waals surface area contributed by atoms with E-state index in [0.717, 1.165) is 27.7 Å². The molecule has 1 aromatic heterocycles. The Morgan fingerprint density at radius 1 is 1.11 bits per heavy atom. The van der Waals surface area contributed by atoms with Crippen molar-refractivity contribution < 1.29 is 23.5 Å². The number of aryl methyl sites for hydroxylation is 1. The minimum Gasteiger partial charge on any atom is -0.496 e. The Labute approximate surface area is 157 Å². The Balaban J connectivity index is 1.67. The van der Waals surface area contributed by atoms with E-state index in [-0.39, 0.29) is 12.3 Å². The van der Waals surface area contributed by atoms with E-state index < -0.39 is 5.97 Å². The van der Waals surface area contributed by atoms with Gasteiger partial charge in [-0.2, -0.15) is 0 Å². The van der Waals surface area contributed by atoms with Crippen LogP contribution in [0.5, 0.6) is 5.75 Å². The standard InChI is InChI=1S/C21H21NO5/c1-13-4-6-16-15(12-27-19(16)8-13)10-20(23)22-11-14-5-7-18(25-2)17(9-14)21(24)26-3/h4-9,12H,10-11H2,1-3H3,(H,22,23). The van der Waals surface area contributed by atoms with E-state index in [9.17, 15) is 9.59 Å². The molecule has 1 heterocycles. The SMILES string of the molecule is COC(=O)c1cc(CNC(=O)Cc2coc3cc(C)ccc23)ccc1OC.